The Hall–Kier alpha value is -3.61. The Kier molecular flexibility index (Phi) is 6.33. The third kappa shape index (κ3) is 5.01. The molecule has 5 rings (SSSR count). The Morgan fingerprint density at radius 2 is 1.83 bits per heavy atom. The van der Waals surface area contributed by atoms with E-state index in [0.717, 1.165) is 35.2 Å². The van der Waals surface area contributed by atoms with E-state index in [1.807, 2.05) is 61.7 Å². The van der Waals surface area contributed by atoms with Gasteiger partial charge in [-0.1, -0.05) is 42.5 Å². The standard InChI is InChI=1S/C29H35N5O2/c1-29(2,3)32-28(36)34-15-13-21-22(26-12-14-31-33(26)4)11-10-20(25(21)18-34)17-30-27(35)24-16-23(24)19-8-6-5-7-9-19/h5-12,14,23-24H,13,15-18H2,1-4H3,(H,30,35)(H,32,36)/t23-,24?/m0/s1. The summed E-state index contributed by atoms with van der Waals surface area (Å²) in [5, 5.41) is 10.6. The summed E-state index contributed by atoms with van der Waals surface area (Å²) in [5.41, 5.74) is 6.55. The number of benzene rings is 2. The van der Waals surface area contributed by atoms with Gasteiger partial charge in [0, 0.05) is 49.9 Å². The van der Waals surface area contributed by atoms with Crippen LogP contribution < -0.4 is 10.6 Å². The summed E-state index contributed by atoms with van der Waals surface area (Å²) < 4.78 is 1.88. The second-order valence-corrected chi connectivity index (χ2v) is 11.0. The molecule has 2 N–H and O–H groups in total. The van der Waals surface area contributed by atoms with Crippen LogP contribution in [0.5, 0.6) is 0 Å². The molecule has 1 aliphatic carbocycles. The third-order valence-electron chi connectivity index (χ3n) is 7.18. The lowest BCUT2D eigenvalue weighted by atomic mass is 9.89. The molecule has 2 heterocycles. The minimum Gasteiger partial charge on any atom is -0.352 e. The van der Waals surface area contributed by atoms with Crippen LogP contribution in [0.3, 0.4) is 0 Å². The van der Waals surface area contributed by atoms with Gasteiger partial charge < -0.3 is 15.5 Å². The average molecular weight is 486 g/mol. The number of fused-ring (bicyclic) bond motifs is 1. The quantitative estimate of drug-likeness (QED) is 0.563. The summed E-state index contributed by atoms with van der Waals surface area (Å²) in [5.74, 6) is 0.446. The van der Waals surface area contributed by atoms with E-state index in [9.17, 15) is 9.59 Å². The fourth-order valence-corrected chi connectivity index (χ4v) is 5.22. The van der Waals surface area contributed by atoms with Crippen molar-refractivity contribution in [2.45, 2.75) is 58.2 Å². The smallest absolute Gasteiger partial charge is 0.318 e. The first-order valence-corrected chi connectivity index (χ1v) is 12.7. The molecule has 1 aliphatic heterocycles. The molecule has 2 aliphatic rings. The van der Waals surface area contributed by atoms with Crippen LogP contribution in [0.25, 0.3) is 11.3 Å². The molecular weight excluding hydrogens is 450 g/mol. The van der Waals surface area contributed by atoms with Gasteiger partial charge in [0.25, 0.3) is 0 Å². The molecule has 188 valence electrons. The number of hydrogen-bond donors (Lipinski definition) is 2. The number of aryl methyl sites for hydroxylation is 1. The minimum atomic E-state index is -0.301. The van der Waals surface area contributed by atoms with Crippen molar-refractivity contribution in [2.75, 3.05) is 6.54 Å². The Morgan fingerprint density at radius 3 is 2.53 bits per heavy atom. The first kappa shape index (κ1) is 24.1. The number of hydrogen-bond acceptors (Lipinski definition) is 3. The van der Waals surface area contributed by atoms with Crippen LogP contribution in [0.1, 0.15) is 55.4 Å². The maximum Gasteiger partial charge on any atom is 0.318 e. The van der Waals surface area contributed by atoms with Crippen LogP contribution in [-0.4, -0.2) is 38.7 Å². The molecule has 1 unspecified atom stereocenters. The van der Waals surface area contributed by atoms with Gasteiger partial charge in [-0.2, -0.15) is 5.10 Å². The maximum absolute atomic E-state index is 13.0. The van der Waals surface area contributed by atoms with E-state index in [0.29, 0.717) is 25.6 Å². The molecule has 3 aromatic rings. The van der Waals surface area contributed by atoms with Gasteiger partial charge in [-0.15, -0.1) is 0 Å². The number of nitrogens with zero attached hydrogens (tertiary/aromatic N) is 3. The van der Waals surface area contributed by atoms with Gasteiger partial charge in [0.15, 0.2) is 0 Å². The van der Waals surface area contributed by atoms with Gasteiger partial charge in [0.05, 0.1) is 5.69 Å². The van der Waals surface area contributed by atoms with Gasteiger partial charge in [-0.3, -0.25) is 9.48 Å². The number of carbonyl (C=O) groups excluding carboxylic acids is 2. The van der Waals surface area contributed by atoms with Gasteiger partial charge in [0.1, 0.15) is 0 Å². The number of rotatable bonds is 5. The van der Waals surface area contributed by atoms with Crippen LogP contribution in [0.15, 0.2) is 54.7 Å². The molecule has 2 atom stereocenters. The van der Waals surface area contributed by atoms with E-state index < -0.39 is 0 Å². The largest absolute Gasteiger partial charge is 0.352 e. The van der Waals surface area contributed by atoms with Crippen molar-refractivity contribution in [3.8, 4) is 11.3 Å². The first-order chi connectivity index (χ1) is 17.2. The normalized spacial score (nSPS) is 18.9. The SMILES string of the molecule is Cn1nccc1-c1ccc(CNC(=O)C2C[C@H]2c2ccccc2)c2c1CCN(C(=O)NC(C)(C)C)C2. The van der Waals surface area contributed by atoms with E-state index in [4.69, 9.17) is 0 Å². The Bertz CT molecular complexity index is 1270. The van der Waals surface area contributed by atoms with Crippen LogP contribution in [0.4, 0.5) is 4.79 Å². The predicted molar refractivity (Wildman–Crippen MR) is 140 cm³/mol. The summed E-state index contributed by atoms with van der Waals surface area (Å²) in [4.78, 5) is 27.8. The summed E-state index contributed by atoms with van der Waals surface area (Å²) in [6.45, 7) is 7.60. The molecule has 7 heteroatoms. The van der Waals surface area contributed by atoms with E-state index >= 15 is 0 Å². The Morgan fingerprint density at radius 1 is 1.06 bits per heavy atom. The fourth-order valence-electron chi connectivity index (χ4n) is 5.22. The van der Waals surface area contributed by atoms with Crippen LogP contribution >= 0.6 is 0 Å². The summed E-state index contributed by atoms with van der Waals surface area (Å²) in [6.07, 6.45) is 3.46. The summed E-state index contributed by atoms with van der Waals surface area (Å²) in [6, 6.07) is 16.4. The average Bonchev–Trinajstić information content (AvgIpc) is 3.55. The van der Waals surface area contributed by atoms with Crippen molar-refractivity contribution in [3.05, 3.63) is 77.0 Å². The lowest BCUT2D eigenvalue weighted by molar-refractivity contribution is -0.122. The number of amides is 3. The van der Waals surface area contributed by atoms with E-state index in [1.165, 1.54) is 11.1 Å². The number of urea groups is 1. The molecule has 0 saturated heterocycles. The highest BCUT2D eigenvalue weighted by atomic mass is 16.2. The highest BCUT2D eigenvalue weighted by Crippen LogP contribution is 2.47. The summed E-state index contributed by atoms with van der Waals surface area (Å²) >= 11 is 0. The monoisotopic (exact) mass is 485 g/mol. The lowest BCUT2D eigenvalue weighted by Crippen LogP contribution is -2.50. The third-order valence-corrected chi connectivity index (χ3v) is 7.18. The molecule has 7 nitrogen and oxygen atoms in total. The van der Waals surface area contributed by atoms with Gasteiger partial charge in [-0.25, -0.2) is 4.79 Å². The maximum atomic E-state index is 13.0. The van der Waals surface area contributed by atoms with Crippen LogP contribution in [0, 0.1) is 5.92 Å². The molecule has 3 amide bonds. The topological polar surface area (TPSA) is 79.3 Å². The molecule has 36 heavy (non-hydrogen) atoms. The van der Waals surface area contributed by atoms with Crippen molar-refractivity contribution in [2.24, 2.45) is 13.0 Å². The summed E-state index contributed by atoms with van der Waals surface area (Å²) in [7, 11) is 1.94. The molecule has 2 aromatic carbocycles. The van der Waals surface area contributed by atoms with Crippen molar-refractivity contribution in [1.82, 2.24) is 25.3 Å². The van der Waals surface area contributed by atoms with Gasteiger partial charge >= 0.3 is 6.03 Å². The minimum absolute atomic E-state index is 0.0333. The lowest BCUT2D eigenvalue weighted by Gasteiger charge is -2.34. The highest BCUT2D eigenvalue weighted by molar-refractivity contribution is 5.83. The van der Waals surface area contributed by atoms with E-state index in [-0.39, 0.29) is 23.4 Å². The molecule has 0 spiro atoms. The van der Waals surface area contributed by atoms with E-state index in [1.54, 1.807) is 6.20 Å². The van der Waals surface area contributed by atoms with Crippen molar-refractivity contribution < 1.29 is 9.59 Å². The zero-order chi connectivity index (χ0) is 25.4. The number of aromatic nitrogens is 2. The zero-order valence-electron chi connectivity index (χ0n) is 21.5. The zero-order valence-corrected chi connectivity index (χ0v) is 21.5. The molecule has 1 saturated carbocycles. The Balaban J connectivity index is 1.36. The van der Waals surface area contributed by atoms with Gasteiger partial charge in [0.2, 0.25) is 5.91 Å². The van der Waals surface area contributed by atoms with Crippen molar-refractivity contribution in [3.63, 3.8) is 0 Å². The molecular formula is C29H35N5O2. The second-order valence-electron chi connectivity index (χ2n) is 11.0. The first-order valence-electron chi connectivity index (χ1n) is 12.7. The fraction of sp³-hybridized carbons (Fsp3) is 0.414. The Labute approximate surface area is 212 Å². The predicted octanol–water partition coefficient (Wildman–Crippen LogP) is 4.37. The van der Waals surface area contributed by atoms with Crippen molar-refractivity contribution >= 4 is 11.9 Å². The van der Waals surface area contributed by atoms with Crippen LogP contribution in [0.2, 0.25) is 0 Å². The molecule has 1 fully saturated rings. The molecule has 0 bridgehead atoms. The van der Waals surface area contributed by atoms with Gasteiger partial charge in [-0.05, 0) is 67.9 Å². The number of nitrogens with one attached hydrogen (secondary N) is 2. The molecule has 0 radical (unpaired) electrons. The second kappa shape index (κ2) is 9.45. The number of carbonyl (C=O) groups is 2. The molecule has 1 aromatic heterocycles. The van der Waals surface area contributed by atoms with E-state index in [2.05, 4.69) is 40.0 Å². The van der Waals surface area contributed by atoms with Crippen LogP contribution in [-0.2, 0) is 31.4 Å². The highest BCUT2D eigenvalue weighted by Gasteiger charge is 2.43. The van der Waals surface area contributed by atoms with Crippen molar-refractivity contribution in [1.29, 1.82) is 0 Å².